The molecule has 0 bridgehead atoms. The molecule has 204 valence electrons. The summed E-state index contributed by atoms with van der Waals surface area (Å²) in [4.78, 5) is 0. The minimum absolute atomic E-state index is 0.500. The van der Waals surface area contributed by atoms with Crippen molar-refractivity contribution in [3.05, 3.63) is 156 Å². The van der Waals surface area contributed by atoms with Crippen LogP contribution in [0.4, 0.5) is 0 Å². The Hall–Kier alpha value is -5.14. The lowest BCUT2D eigenvalue weighted by Crippen LogP contribution is -2.05. The summed E-state index contributed by atoms with van der Waals surface area (Å²) in [7, 11) is 0. The quantitative estimate of drug-likeness (QED) is 0.200. The number of hydrogen-bond acceptors (Lipinski definition) is 1. The van der Waals surface area contributed by atoms with Gasteiger partial charge < -0.3 is 4.42 Å². The van der Waals surface area contributed by atoms with Gasteiger partial charge in [0.2, 0.25) is 0 Å². The van der Waals surface area contributed by atoms with Gasteiger partial charge in [-0.1, -0.05) is 121 Å². The van der Waals surface area contributed by atoms with Gasteiger partial charge in [-0.05, 0) is 91.5 Å². The molecule has 0 N–H and O–H groups in total. The van der Waals surface area contributed by atoms with Gasteiger partial charge in [-0.15, -0.1) is 0 Å². The Bertz CT molecular complexity index is 2210. The lowest BCUT2D eigenvalue weighted by atomic mass is 9.82. The minimum atomic E-state index is 0.500. The maximum Gasteiger partial charge on any atom is 0.134 e. The second-order valence-corrected chi connectivity index (χ2v) is 11.9. The van der Waals surface area contributed by atoms with Crippen molar-refractivity contribution in [2.75, 3.05) is 0 Å². The lowest BCUT2D eigenvalue weighted by Gasteiger charge is -2.22. The molecule has 3 aliphatic rings. The van der Waals surface area contributed by atoms with Gasteiger partial charge in [0.1, 0.15) is 11.3 Å². The molecule has 3 aliphatic carbocycles. The first-order valence-corrected chi connectivity index (χ1v) is 15.3. The summed E-state index contributed by atoms with van der Waals surface area (Å²) in [6.07, 6.45) is 21.2. The Kier molecular flexibility index (Phi) is 5.52. The summed E-state index contributed by atoms with van der Waals surface area (Å²) >= 11 is 0. The molecule has 1 unspecified atom stereocenters. The highest BCUT2D eigenvalue weighted by molar-refractivity contribution is 6.21. The summed E-state index contributed by atoms with van der Waals surface area (Å²) in [5.41, 5.74) is 11.2. The Morgan fingerprint density at radius 1 is 0.628 bits per heavy atom. The monoisotopic (exact) mass is 550 g/mol. The zero-order valence-corrected chi connectivity index (χ0v) is 23.9. The number of aryl methyl sites for hydroxylation is 1. The molecule has 0 fully saturated rings. The van der Waals surface area contributed by atoms with E-state index in [-0.39, 0.29) is 0 Å². The van der Waals surface area contributed by atoms with Crippen molar-refractivity contribution in [3.8, 4) is 22.3 Å². The van der Waals surface area contributed by atoms with Crippen LogP contribution in [0.5, 0.6) is 0 Å². The topological polar surface area (TPSA) is 13.1 Å². The number of allylic oxidation sites excluding steroid dienone is 9. The molecule has 1 heteroatoms. The number of benzene rings is 5. The average Bonchev–Trinajstić information content (AvgIpc) is 3.45. The number of rotatable bonds is 3. The third kappa shape index (κ3) is 3.92. The fraction of sp³-hybridized carbons (Fsp3) is 0.0952. The smallest absolute Gasteiger partial charge is 0.134 e. The minimum Gasteiger partial charge on any atom is -0.460 e. The Morgan fingerprint density at radius 2 is 1.35 bits per heavy atom. The molecule has 6 aromatic rings. The molecule has 43 heavy (non-hydrogen) atoms. The number of furan rings is 1. The molecule has 0 spiro atoms. The molecule has 1 atom stereocenters. The number of fused-ring (bicyclic) bond motifs is 6. The van der Waals surface area contributed by atoms with Gasteiger partial charge in [0.15, 0.2) is 0 Å². The molecule has 1 aromatic heterocycles. The van der Waals surface area contributed by atoms with Crippen LogP contribution in [-0.4, -0.2) is 0 Å². The van der Waals surface area contributed by atoms with Crippen LogP contribution >= 0.6 is 0 Å². The molecule has 1 nitrogen and oxygen atoms in total. The van der Waals surface area contributed by atoms with Gasteiger partial charge in [-0.2, -0.15) is 0 Å². The van der Waals surface area contributed by atoms with Gasteiger partial charge in [-0.3, -0.25) is 0 Å². The van der Waals surface area contributed by atoms with Crippen LogP contribution < -0.4 is 0 Å². The molecule has 0 aliphatic heterocycles. The van der Waals surface area contributed by atoms with E-state index in [1.807, 2.05) is 0 Å². The zero-order chi connectivity index (χ0) is 28.3. The van der Waals surface area contributed by atoms with E-state index in [4.69, 9.17) is 4.42 Å². The molecule has 0 saturated carbocycles. The van der Waals surface area contributed by atoms with Crippen molar-refractivity contribution in [2.24, 2.45) is 5.92 Å². The first kappa shape index (κ1) is 24.5. The fourth-order valence-corrected chi connectivity index (χ4v) is 7.37. The molecule has 1 heterocycles. The molecule has 9 rings (SSSR count). The van der Waals surface area contributed by atoms with Gasteiger partial charge in [-0.25, -0.2) is 0 Å². The van der Waals surface area contributed by atoms with Crippen molar-refractivity contribution in [3.63, 3.8) is 0 Å². The fourth-order valence-electron chi connectivity index (χ4n) is 7.37. The molecule has 0 saturated heterocycles. The van der Waals surface area contributed by atoms with E-state index in [1.54, 1.807) is 0 Å². The second kappa shape index (κ2) is 9.71. The maximum atomic E-state index is 6.26. The predicted molar refractivity (Wildman–Crippen MR) is 182 cm³/mol. The molecular formula is C42H30O. The summed E-state index contributed by atoms with van der Waals surface area (Å²) in [6, 6.07) is 33.7. The van der Waals surface area contributed by atoms with Crippen molar-refractivity contribution in [1.82, 2.24) is 0 Å². The first-order valence-electron chi connectivity index (χ1n) is 15.3. The van der Waals surface area contributed by atoms with Crippen LogP contribution in [0.3, 0.4) is 0 Å². The average molecular weight is 551 g/mol. The SMILES string of the molecule is C1=CC2=CC(c3cccc(-c4c5ccccc5c(-c5ccc6oc7c(c6c5)C=CCC7)c5ccccc45)c3)=CCC2C=C1. The Morgan fingerprint density at radius 3 is 2.12 bits per heavy atom. The highest BCUT2D eigenvalue weighted by atomic mass is 16.3. The van der Waals surface area contributed by atoms with E-state index in [9.17, 15) is 0 Å². The Balaban J connectivity index is 1.26. The van der Waals surface area contributed by atoms with Crippen molar-refractivity contribution >= 4 is 44.2 Å². The first-order chi connectivity index (χ1) is 21.3. The van der Waals surface area contributed by atoms with E-state index in [1.165, 1.54) is 71.5 Å². The van der Waals surface area contributed by atoms with Crippen LogP contribution in [-0.2, 0) is 6.42 Å². The maximum absolute atomic E-state index is 6.26. The van der Waals surface area contributed by atoms with Crippen LogP contribution in [0, 0.1) is 5.92 Å². The second-order valence-electron chi connectivity index (χ2n) is 11.9. The van der Waals surface area contributed by atoms with E-state index in [0.717, 1.165) is 30.6 Å². The van der Waals surface area contributed by atoms with Gasteiger partial charge >= 0.3 is 0 Å². The van der Waals surface area contributed by atoms with Gasteiger partial charge in [0.05, 0.1) is 0 Å². The molecular weight excluding hydrogens is 520 g/mol. The van der Waals surface area contributed by atoms with Crippen molar-refractivity contribution in [2.45, 2.75) is 19.3 Å². The third-order valence-corrected chi connectivity index (χ3v) is 9.42. The van der Waals surface area contributed by atoms with Crippen LogP contribution in [0.1, 0.15) is 29.7 Å². The summed E-state index contributed by atoms with van der Waals surface area (Å²) < 4.78 is 6.26. The van der Waals surface area contributed by atoms with Crippen LogP contribution in [0.15, 0.2) is 144 Å². The van der Waals surface area contributed by atoms with Gasteiger partial charge in [0, 0.05) is 23.3 Å². The summed E-state index contributed by atoms with van der Waals surface area (Å²) in [5, 5.41) is 6.30. The number of hydrogen-bond donors (Lipinski definition) is 0. The molecule has 0 radical (unpaired) electrons. The molecule has 5 aromatic carbocycles. The van der Waals surface area contributed by atoms with Crippen molar-refractivity contribution in [1.29, 1.82) is 0 Å². The van der Waals surface area contributed by atoms with E-state index in [0.29, 0.717) is 5.92 Å². The van der Waals surface area contributed by atoms with Crippen LogP contribution in [0.25, 0.3) is 66.4 Å². The van der Waals surface area contributed by atoms with Gasteiger partial charge in [0.25, 0.3) is 0 Å². The summed E-state index contributed by atoms with van der Waals surface area (Å²) in [5.74, 6) is 1.61. The van der Waals surface area contributed by atoms with Crippen LogP contribution in [0.2, 0.25) is 0 Å². The van der Waals surface area contributed by atoms with E-state index < -0.39 is 0 Å². The standard InChI is InChI=1S/C42H30O/c1-2-11-28-24-30(21-20-27(28)10-1)29-12-9-13-31(25-29)41-34-15-3-5-17-36(34)42(37-18-6-4-16-35(37)41)32-22-23-40-38(26-32)33-14-7-8-19-39(33)43-40/h1-7,9-18,21-27H,8,19-20H2. The summed E-state index contributed by atoms with van der Waals surface area (Å²) in [6.45, 7) is 0. The largest absolute Gasteiger partial charge is 0.460 e. The zero-order valence-electron chi connectivity index (χ0n) is 23.9. The highest BCUT2D eigenvalue weighted by Crippen LogP contribution is 2.45. The van der Waals surface area contributed by atoms with Crippen molar-refractivity contribution < 1.29 is 4.42 Å². The highest BCUT2D eigenvalue weighted by Gasteiger charge is 2.20. The van der Waals surface area contributed by atoms with E-state index in [2.05, 4.69) is 140 Å². The third-order valence-electron chi connectivity index (χ3n) is 9.42. The van der Waals surface area contributed by atoms with E-state index >= 15 is 0 Å². The Labute approximate surface area is 251 Å². The lowest BCUT2D eigenvalue weighted by molar-refractivity contribution is 0.546. The molecule has 0 amide bonds. The predicted octanol–water partition coefficient (Wildman–Crippen LogP) is 11.5. The normalized spacial score (nSPS) is 17.3.